The zero-order chi connectivity index (χ0) is 18.4. The molecular weight excluding hydrogens is 351 g/mol. The van der Waals surface area contributed by atoms with Crippen LogP contribution < -0.4 is 4.74 Å². The first-order chi connectivity index (χ1) is 11.9. The molecule has 0 aliphatic heterocycles. The minimum absolute atomic E-state index is 0.0329. The van der Waals surface area contributed by atoms with Crippen molar-refractivity contribution in [2.24, 2.45) is 0 Å². The predicted molar refractivity (Wildman–Crippen MR) is 86.8 cm³/mol. The minimum atomic E-state index is -1.09. The zero-order valence-corrected chi connectivity index (χ0v) is 13.9. The molecular formula is C16H14ClFN4O3. The van der Waals surface area contributed by atoms with Crippen LogP contribution >= 0.6 is 11.6 Å². The Bertz CT molecular complexity index is 798. The molecule has 0 fully saturated rings. The number of hydrogen-bond acceptors (Lipinski definition) is 5. The summed E-state index contributed by atoms with van der Waals surface area (Å²) in [5.74, 6) is -0.348. The summed E-state index contributed by atoms with van der Waals surface area (Å²) in [7, 11) is 1.42. The summed E-state index contributed by atoms with van der Waals surface area (Å²) in [5.41, 5.74) is -0.0329. The number of nitrogens with zero attached hydrogens (tertiary/aromatic N) is 4. The van der Waals surface area contributed by atoms with E-state index < -0.39 is 18.0 Å². The van der Waals surface area contributed by atoms with Crippen LogP contribution in [-0.2, 0) is 0 Å². The second-order valence-corrected chi connectivity index (χ2v) is 5.49. The fraction of sp³-hybridized carbons (Fsp3) is 0.250. The monoisotopic (exact) mass is 364 g/mol. The lowest BCUT2D eigenvalue weighted by molar-refractivity contribution is 0.137. The SMILES string of the molecule is CN(CCC(Oc1cc(Cl)c(F)cc1C#N)c1ncccn1)C(=O)O. The Hall–Kier alpha value is -2.92. The number of nitriles is 1. The molecule has 0 saturated heterocycles. The Morgan fingerprint density at radius 2 is 2.16 bits per heavy atom. The molecule has 130 valence electrons. The number of amides is 1. The van der Waals surface area contributed by atoms with E-state index in [0.29, 0.717) is 5.82 Å². The summed E-state index contributed by atoms with van der Waals surface area (Å²) >= 11 is 5.76. The Morgan fingerprint density at radius 3 is 2.76 bits per heavy atom. The maximum Gasteiger partial charge on any atom is 0.407 e. The van der Waals surface area contributed by atoms with Gasteiger partial charge in [0.05, 0.1) is 10.6 Å². The van der Waals surface area contributed by atoms with Gasteiger partial charge >= 0.3 is 6.09 Å². The first kappa shape index (κ1) is 18.4. The number of benzene rings is 1. The van der Waals surface area contributed by atoms with E-state index in [-0.39, 0.29) is 29.3 Å². The van der Waals surface area contributed by atoms with Crippen LogP contribution in [0.4, 0.5) is 9.18 Å². The lowest BCUT2D eigenvalue weighted by Crippen LogP contribution is -2.28. The molecule has 0 bridgehead atoms. The van der Waals surface area contributed by atoms with Crippen LogP contribution in [0.3, 0.4) is 0 Å². The van der Waals surface area contributed by atoms with Gasteiger partial charge in [-0.3, -0.25) is 0 Å². The van der Waals surface area contributed by atoms with E-state index >= 15 is 0 Å². The number of carbonyl (C=O) groups is 1. The van der Waals surface area contributed by atoms with Crippen molar-refractivity contribution in [1.29, 1.82) is 5.26 Å². The summed E-state index contributed by atoms with van der Waals surface area (Å²) in [6.07, 6.45) is 1.43. The first-order valence-electron chi connectivity index (χ1n) is 7.19. The average molecular weight is 365 g/mol. The molecule has 7 nitrogen and oxygen atoms in total. The van der Waals surface area contributed by atoms with Crippen LogP contribution in [-0.4, -0.2) is 39.7 Å². The lowest BCUT2D eigenvalue weighted by Gasteiger charge is -2.21. The second-order valence-electron chi connectivity index (χ2n) is 5.08. The number of ether oxygens (including phenoxy) is 1. The van der Waals surface area contributed by atoms with E-state index in [0.717, 1.165) is 11.0 Å². The van der Waals surface area contributed by atoms with E-state index in [1.54, 1.807) is 6.07 Å². The molecule has 1 amide bonds. The van der Waals surface area contributed by atoms with Crippen molar-refractivity contribution >= 4 is 17.7 Å². The van der Waals surface area contributed by atoms with E-state index in [4.69, 9.17) is 26.7 Å². The highest BCUT2D eigenvalue weighted by atomic mass is 35.5. The van der Waals surface area contributed by atoms with Crippen LogP contribution in [0.1, 0.15) is 23.9 Å². The van der Waals surface area contributed by atoms with Gasteiger partial charge in [0.15, 0.2) is 11.9 Å². The Balaban J connectivity index is 2.29. The van der Waals surface area contributed by atoms with Crippen LogP contribution in [0.15, 0.2) is 30.6 Å². The van der Waals surface area contributed by atoms with Gasteiger partial charge in [-0.15, -0.1) is 0 Å². The molecule has 0 aliphatic carbocycles. The number of carboxylic acid groups (broad SMARTS) is 1. The summed E-state index contributed by atoms with van der Waals surface area (Å²) in [6, 6.07) is 5.64. The maximum atomic E-state index is 13.5. The van der Waals surface area contributed by atoms with Crippen molar-refractivity contribution in [3.8, 4) is 11.8 Å². The van der Waals surface area contributed by atoms with E-state index in [1.165, 1.54) is 25.5 Å². The normalized spacial score (nSPS) is 11.4. The van der Waals surface area contributed by atoms with Gasteiger partial charge < -0.3 is 14.7 Å². The molecule has 0 radical (unpaired) electrons. The summed E-state index contributed by atoms with van der Waals surface area (Å²) in [6.45, 7) is 0.148. The lowest BCUT2D eigenvalue weighted by atomic mass is 10.2. The molecule has 1 N–H and O–H groups in total. The van der Waals surface area contributed by atoms with Crippen molar-refractivity contribution in [3.63, 3.8) is 0 Å². The Morgan fingerprint density at radius 1 is 1.48 bits per heavy atom. The average Bonchev–Trinajstić information content (AvgIpc) is 2.61. The van der Waals surface area contributed by atoms with E-state index in [9.17, 15) is 9.18 Å². The van der Waals surface area contributed by atoms with Gasteiger partial charge in [0.1, 0.15) is 17.6 Å². The molecule has 1 aromatic carbocycles. The van der Waals surface area contributed by atoms with E-state index in [1.807, 2.05) is 6.07 Å². The molecule has 1 heterocycles. The highest BCUT2D eigenvalue weighted by Crippen LogP contribution is 2.30. The van der Waals surface area contributed by atoms with Crippen LogP contribution in [0.5, 0.6) is 5.75 Å². The molecule has 2 rings (SSSR count). The molecule has 1 aromatic heterocycles. The Labute approximate surface area is 148 Å². The fourth-order valence-corrected chi connectivity index (χ4v) is 2.14. The Kier molecular flexibility index (Phi) is 6.08. The maximum absolute atomic E-state index is 13.5. The van der Waals surface area contributed by atoms with Crippen molar-refractivity contribution < 1.29 is 19.0 Å². The van der Waals surface area contributed by atoms with Crippen molar-refractivity contribution in [2.75, 3.05) is 13.6 Å². The second kappa shape index (κ2) is 8.26. The van der Waals surface area contributed by atoms with E-state index in [2.05, 4.69) is 9.97 Å². The highest BCUT2D eigenvalue weighted by Gasteiger charge is 2.21. The molecule has 1 atom stereocenters. The van der Waals surface area contributed by atoms with Gasteiger partial charge in [-0.05, 0) is 12.1 Å². The van der Waals surface area contributed by atoms with Crippen molar-refractivity contribution in [3.05, 3.63) is 52.8 Å². The predicted octanol–water partition coefficient (Wildman–Crippen LogP) is 3.26. The smallest absolute Gasteiger partial charge is 0.407 e. The fourth-order valence-electron chi connectivity index (χ4n) is 1.99. The largest absolute Gasteiger partial charge is 0.481 e. The van der Waals surface area contributed by atoms with Gasteiger partial charge in [0.2, 0.25) is 0 Å². The van der Waals surface area contributed by atoms with Gasteiger partial charge in [0, 0.05) is 38.5 Å². The topological polar surface area (TPSA) is 99.3 Å². The summed E-state index contributed by atoms with van der Waals surface area (Å²) in [4.78, 5) is 20.2. The molecule has 9 heteroatoms. The summed E-state index contributed by atoms with van der Waals surface area (Å²) < 4.78 is 19.3. The van der Waals surface area contributed by atoms with Crippen molar-refractivity contribution in [1.82, 2.24) is 14.9 Å². The molecule has 0 aliphatic rings. The zero-order valence-electron chi connectivity index (χ0n) is 13.2. The quantitative estimate of drug-likeness (QED) is 0.844. The summed E-state index contributed by atoms with van der Waals surface area (Å²) in [5, 5.41) is 17.9. The first-order valence-corrected chi connectivity index (χ1v) is 7.57. The van der Waals surface area contributed by atoms with Gasteiger partial charge in [0.25, 0.3) is 0 Å². The van der Waals surface area contributed by atoms with Gasteiger partial charge in [-0.1, -0.05) is 11.6 Å². The van der Waals surface area contributed by atoms with Crippen LogP contribution in [0.25, 0.3) is 0 Å². The minimum Gasteiger partial charge on any atom is -0.481 e. The molecule has 0 saturated carbocycles. The van der Waals surface area contributed by atoms with Crippen LogP contribution in [0, 0.1) is 17.1 Å². The number of aromatic nitrogens is 2. The number of hydrogen-bond donors (Lipinski definition) is 1. The third kappa shape index (κ3) is 4.78. The number of rotatable bonds is 6. The standard InChI is InChI=1S/C16H14ClFN4O3/c1-22(16(23)24)6-3-13(15-20-4-2-5-21-15)25-14-8-11(17)12(18)7-10(14)9-19/h2,4-5,7-8,13H,3,6H2,1H3,(H,23,24). The number of halogens is 2. The molecule has 0 spiro atoms. The highest BCUT2D eigenvalue weighted by molar-refractivity contribution is 6.30. The molecule has 2 aromatic rings. The van der Waals surface area contributed by atoms with Crippen LogP contribution in [0.2, 0.25) is 5.02 Å². The third-order valence-corrected chi connectivity index (χ3v) is 3.63. The molecule has 25 heavy (non-hydrogen) atoms. The van der Waals surface area contributed by atoms with Gasteiger partial charge in [-0.2, -0.15) is 5.26 Å². The van der Waals surface area contributed by atoms with Crippen molar-refractivity contribution in [2.45, 2.75) is 12.5 Å². The third-order valence-electron chi connectivity index (χ3n) is 3.34. The molecule has 1 unspecified atom stereocenters. The van der Waals surface area contributed by atoms with Gasteiger partial charge in [-0.25, -0.2) is 19.2 Å².